The molecule has 2 atom stereocenters. The topological polar surface area (TPSA) is 37.3 Å². The van der Waals surface area contributed by atoms with Crippen LogP contribution in [-0.2, 0) is 16.6 Å². The maximum Gasteiger partial charge on any atom is 0.304 e. The average molecular weight is 457 g/mol. The van der Waals surface area contributed by atoms with Crippen molar-refractivity contribution in [1.82, 2.24) is 0 Å². The third-order valence-corrected chi connectivity index (χ3v) is 7.95. The van der Waals surface area contributed by atoms with Crippen LogP contribution in [0.5, 0.6) is 0 Å². The fraction of sp³-hybridized carbons (Fsp3) is 0.207. The van der Waals surface area contributed by atoms with Gasteiger partial charge in [0.1, 0.15) is 5.82 Å². The van der Waals surface area contributed by atoms with E-state index in [1.165, 1.54) is 11.0 Å². The first-order chi connectivity index (χ1) is 15.9. The number of carboxylic acid groups (broad SMARTS) is 1. The molecule has 0 bridgehead atoms. The molecule has 5 rings (SSSR count). The van der Waals surface area contributed by atoms with Gasteiger partial charge in [-0.1, -0.05) is 60.2 Å². The molecule has 4 heteroatoms. The van der Waals surface area contributed by atoms with Gasteiger partial charge in [-0.05, 0) is 77.3 Å². The van der Waals surface area contributed by atoms with Crippen LogP contribution in [0, 0.1) is 5.82 Å². The number of hydrogen-bond acceptors (Lipinski definition) is 2. The van der Waals surface area contributed by atoms with Crippen LogP contribution >= 0.6 is 11.8 Å². The molecule has 0 radical (unpaired) electrons. The molecule has 2 aliphatic carbocycles. The van der Waals surface area contributed by atoms with Crippen molar-refractivity contribution in [2.24, 2.45) is 0 Å². The van der Waals surface area contributed by atoms with Crippen molar-refractivity contribution < 1.29 is 14.3 Å². The number of aliphatic carboxylic acids is 1. The summed E-state index contributed by atoms with van der Waals surface area (Å²) in [6.07, 6.45) is 6.81. The summed E-state index contributed by atoms with van der Waals surface area (Å²) in [6.45, 7) is 2.04. The van der Waals surface area contributed by atoms with E-state index in [1.807, 2.05) is 25.1 Å². The quantitative estimate of drug-likeness (QED) is 0.402. The smallest absolute Gasteiger partial charge is 0.304 e. The summed E-state index contributed by atoms with van der Waals surface area (Å²) >= 11 is 1.70. The average Bonchev–Trinajstić information content (AvgIpc) is 3.33. The SMILES string of the molecule is CSc1ccc(CC2=C(C)C(CC(=O)O)(C3C=Cc4ccccc43)c3cc(F)ccc32)cc1. The zero-order valence-corrected chi connectivity index (χ0v) is 19.5. The molecule has 0 aliphatic heterocycles. The summed E-state index contributed by atoms with van der Waals surface area (Å²) in [7, 11) is 0. The molecule has 1 N–H and O–H groups in total. The predicted octanol–water partition coefficient (Wildman–Crippen LogP) is 7.10. The van der Waals surface area contributed by atoms with E-state index < -0.39 is 11.4 Å². The van der Waals surface area contributed by atoms with Gasteiger partial charge >= 0.3 is 5.97 Å². The number of hydrogen-bond donors (Lipinski definition) is 1. The first-order valence-electron chi connectivity index (χ1n) is 11.1. The lowest BCUT2D eigenvalue weighted by Gasteiger charge is -2.37. The molecule has 0 amide bonds. The van der Waals surface area contributed by atoms with Gasteiger partial charge in [0.15, 0.2) is 0 Å². The summed E-state index contributed by atoms with van der Waals surface area (Å²) in [5, 5.41) is 10.1. The van der Waals surface area contributed by atoms with Crippen LogP contribution in [0.2, 0.25) is 0 Å². The Hall–Kier alpha value is -3.11. The zero-order chi connectivity index (χ0) is 23.2. The number of benzene rings is 3. The Bertz CT molecular complexity index is 1310. The van der Waals surface area contributed by atoms with E-state index in [0.29, 0.717) is 6.42 Å². The standard InChI is InChI=1S/C29H25FO2S/c1-18-25(15-19-7-11-22(33-2)12-8-19)24-13-10-21(30)16-27(24)29(18,17-28(31)32)26-14-9-20-5-3-4-6-23(20)26/h3-14,16,26H,15,17H2,1-2H3,(H,31,32). The number of carboxylic acids is 1. The minimum Gasteiger partial charge on any atom is -0.481 e. The summed E-state index contributed by atoms with van der Waals surface area (Å²) < 4.78 is 14.6. The molecule has 2 nitrogen and oxygen atoms in total. The van der Waals surface area contributed by atoms with Crippen LogP contribution in [0.25, 0.3) is 11.6 Å². The molecule has 0 aromatic heterocycles. The van der Waals surface area contributed by atoms with E-state index in [0.717, 1.165) is 39.0 Å². The van der Waals surface area contributed by atoms with Crippen molar-refractivity contribution in [3.8, 4) is 0 Å². The monoisotopic (exact) mass is 456 g/mol. The summed E-state index contributed by atoms with van der Waals surface area (Å²) in [4.78, 5) is 13.5. The zero-order valence-electron chi connectivity index (χ0n) is 18.6. The Labute approximate surface area is 197 Å². The molecule has 0 saturated carbocycles. The number of thioether (sulfide) groups is 1. The molecule has 166 valence electrons. The molecule has 33 heavy (non-hydrogen) atoms. The normalized spacial score (nSPS) is 20.8. The van der Waals surface area contributed by atoms with Gasteiger partial charge in [-0.2, -0.15) is 0 Å². The highest BCUT2D eigenvalue weighted by Gasteiger charge is 2.50. The second-order valence-corrected chi connectivity index (χ2v) is 9.71. The number of halogens is 1. The second-order valence-electron chi connectivity index (χ2n) is 8.83. The molecule has 2 unspecified atom stereocenters. The van der Waals surface area contributed by atoms with Crippen LogP contribution in [0.15, 0.2) is 83.3 Å². The van der Waals surface area contributed by atoms with E-state index >= 15 is 0 Å². The lowest BCUT2D eigenvalue weighted by Crippen LogP contribution is -2.35. The Morgan fingerprint density at radius 3 is 2.58 bits per heavy atom. The van der Waals surface area contributed by atoms with Crippen LogP contribution in [0.4, 0.5) is 4.39 Å². The molecule has 2 aliphatic rings. The van der Waals surface area contributed by atoms with Gasteiger partial charge in [-0.3, -0.25) is 4.79 Å². The molecule has 0 saturated heterocycles. The summed E-state index contributed by atoms with van der Waals surface area (Å²) in [5.74, 6) is -1.38. The predicted molar refractivity (Wildman–Crippen MR) is 133 cm³/mol. The van der Waals surface area contributed by atoms with Crippen molar-refractivity contribution in [3.63, 3.8) is 0 Å². The number of fused-ring (bicyclic) bond motifs is 2. The van der Waals surface area contributed by atoms with Crippen LogP contribution in [0.3, 0.4) is 0 Å². The Kier molecular flexibility index (Phi) is 5.49. The largest absolute Gasteiger partial charge is 0.481 e. The van der Waals surface area contributed by atoms with E-state index in [-0.39, 0.29) is 18.2 Å². The van der Waals surface area contributed by atoms with Gasteiger partial charge < -0.3 is 5.11 Å². The van der Waals surface area contributed by atoms with Crippen LogP contribution in [0.1, 0.15) is 47.1 Å². The van der Waals surface area contributed by atoms with Gasteiger partial charge in [-0.15, -0.1) is 11.8 Å². The number of rotatable bonds is 6. The molecule has 0 fully saturated rings. The van der Waals surface area contributed by atoms with Crippen LogP contribution in [-0.4, -0.2) is 17.3 Å². The molecular weight excluding hydrogens is 431 g/mol. The lowest BCUT2D eigenvalue weighted by atomic mass is 9.64. The Morgan fingerprint density at radius 2 is 1.85 bits per heavy atom. The summed E-state index contributed by atoms with van der Waals surface area (Å²) in [5.41, 5.74) is 6.38. The molecular formula is C29H25FO2S. The van der Waals surface area contributed by atoms with Gasteiger partial charge in [0, 0.05) is 16.2 Å². The fourth-order valence-corrected chi connectivity index (χ4v) is 6.06. The highest BCUT2D eigenvalue weighted by Crippen LogP contribution is 2.58. The summed E-state index contributed by atoms with van der Waals surface area (Å²) in [6, 6.07) is 21.4. The number of allylic oxidation sites excluding steroid dienone is 3. The first-order valence-corrected chi connectivity index (χ1v) is 12.3. The van der Waals surface area contributed by atoms with E-state index in [1.54, 1.807) is 17.8 Å². The van der Waals surface area contributed by atoms with E-state index in [4.69, 9.17) is 0 Å². The molecule has 3 aromatic rings. The molecule has 0 spiro atoms. The van der Waals surface area contributed by atoms with Crippen LogP contribution < -0.4 is 0 Å². The van der Waals surface area contributed by atoms with Gasteiger partial charge in [0.2, 0.25) is 0 Å². The minimum absolute atomic E-state index is 0.0897. The third-order valence-electron chi connectivity index (χ3n) is 7.21. The molecule has 3 aromatic carbocycles. The second kappa shape index (κ2) is 8.35. The third kappa shape index (κ3) is 3.53. The first kappa shape index (κ1) is 21.7. The highest BCUT2D eigenvalue weighted by molar-refractivity contribution is 7.98. The van der Waals surface area contributed by atoms with E-state index in [2.05, 4.69) is 54.8 Å². The van der Waals surface area contributed by atoms with Crippen molar-refractivity contribution >= 4 is 29.4 Å². The highest BCUT2D eigenvalue weighted by atomic mass is 32.2. The maximum atomic E-state index is 14.6. The van der Waals surface area contributed by atoms with E-state index in [9.17, 15) is 14.3 Å². The Balaban J connectivity index is 1.71. The lowest BCUT2D eigenvalue weighted by molar-refractivity contribution is -0.138. The van der Waals surface area contributed by atoms with Crippen molar-refractivity contribution in [3.05, 3.63) is 112 Å². The van der Waals surface area contributed by atoms with Gasteiger partial charge in [0.05, 0.1) is 6.42 Å². The van der Waals surface area contributed by atoms with Crippen molar-refractivity contribution in [2.75, 3.05) is 6.26 Å². The molecule has 0 heterocycles. The maximum absolute atomic E-state index is 14.6. The van der Waals surface area contributed by atoms with Gasteiger partial charge in [0.25, 0.3) is 0 Å². The Morgan fingerprint density at radius 1 is 1.09 bits per heavy atom. The van der Waals surface area contributed by atoms with Gasteiger partial charge in [-0.25, -0.2) is 4.39 Å². The van der Waals surface area contributed by atoms with Crippen molar-refractivity contribution in [2.45, 2.75) is 36.0 Å². The van der Waals surface area contributed by atoms with Crippen molar-refractivity contribution in [1.29, 1.82) is 0 Å². The minimum atomic E-state index is -0.882. The number of carbonyl (C=O) groups is 1. The fourth-order valence-electron chi connectivity index (χ4n) is 5.65.